The summed E-state index contributed by atoms with van der Waals surface area (Å²) in [5.74, 6) is -0.0448. The van der Waals surface area contributed by atoms with Crippen LogP contribution in [0.3, 0.4) is 0 Å². The molecule has 19 heavy (non-hydrogen) atoms. The minimum Gasteiger partial charge on any atom is -0.466 e. The fourth-order valence-corrected chi connectivity index (χ4v) is 1.63. The van der Waals surface area contributed by atoms with Crippen molar-refractivity contribution in [3.8, 4) is 6.01 Å². The molecule has 2 aromatic heterocycles. The smallest absolute Gasteiger partial charge is 0.336 e. The van der Waals surface area contributed by atoms with E-state index in [1.165, 1.54) is 7.11 Å². The minimum absolute atomic E-state index is 0.175. The van der Waals surface area contributed by atoms with Gasteiger partial charge in [-0.2, -0.15) is 10.1 Å². The summed E-state index contributed by atoms with van der Waals surface area (Å²) in [6, 6.07) is 1.94. The standard InChI is InChI=1S/C11H16N6O2/c1-4-7-6-8(17(5-2)16-7)9(18)12-10-13-11(19-3)15-14-10/h6H,4-5H2,1-3H3,(H2,12,13,14,15,18). The number of aromatic amines is 1. The number of nitrogens with one attached hydrogen (secondary N) is 2. The SMILES string of the molecule is CCc1cc(C(=O)Nc2nc(OC)n[nH]2)n(CC)n1. The van der Waals surface area contributed by atoms with Crippen molar-refractivity contribution < 1.29 is 9.53 Å². The maximum atomic E-state index is 12.1. The van der Waals surface area contributed by atoms with Crippen molar-refractivity contribution in [1.29, 1.82) is 0 Å². The Kier molecular flexibility index (Phi) is 3.79. The molecule has 102 valence electrons. The lowest BCUT2D eigenvalue weighted by Gasteiger charge is -2.03. The maximum absolute atomic E-state index is 12.1. The highest BCUT2D eigenvalue weighted by molar-refractivity contribution is 6.02. The summed E-state index contributed by atoms with van der Waals surface area (Å²) in [4.78, 5) is 16.0. The predicted molar refractivity (Wildman–Crippen MR) is 68.2 cm³/mol. The molecule has 8 nitrogen and oxygen atoms in total. The second-order valence-electron chi connectivity index (χ2n) is 3.82. The number of rotatable bonds is 5. The average Bonchev–Trinajstić information content (AvgIpc) is 3.04. The third-order valence-corrected chi connectivity index (χ3v) is 2.60. The van der Waals surface area contributed by atoms with E-state index in [9.17, 15) is 4.79 Å². The maximum Gasteiger partial charge on any atom is 0.336 e. The molecule has 2 rings (SSSR count). The van der Waals surface area contributed by atoms with Crippen LogP contribution < -0.4 is 10.1 Å². The molecule has 0 aliphatic rings. The second kappa shape index (κ2) is 5.51. The zero-order chi connectivity index (χ0) is 13.8. The van der Waals surface area contributed by atoms with Crippen molar-refractivity contribution in [3.05, 3.63) is 17.5 Å². The Bertz CT molecular complexity index is 574. The Hall–Kier alpha value is -2.38. The van der Waals surface area contributed by atoms with Crippen LogP contribution in [-0.2, 0) is 13.0 Å². The summed E-state index contributed by atoms with van der Waals surface area (Å²) in [5, 5.41) is 13.3. The first-order chi connectivity index (χ1) is 9.17. The fraction of sp³-hybridized carbons (Fsp3) is 0.455. The number of amides is 1. The van der Waals surface area contributed by atoms with Gasteiger partial charge in [-0.15, -0.1) is 5.10 Å². The summed E-state index contributed by atoms with van der Waals surface area (Å²) in [6.45, 7) is 4.55. The van der Waals surface area contributed by atoms with Gasteiger partial charge in [-0.25, -0.2) is 5.10 Å². The molecule has 2 N–H and O–H groups in total. The van der Waals surface area contributed by atoms with Crippen molar-refractivity contribution in [2.75, 3.05) is 12.4 Å². The van der Waals surface area contributed by atoms with Gasteiger partial charge in [-0.3, -0.25) is 14.8 Å². The first-order valence-electron chi connectivity index (χ1n) is 6.02. The summed E-state index contributed by atoms with van der Waals surface area (Å²) in [6.07, 6.45) is 0.781. The molecule has 0 unspecified atom stereocenters. The Morgan fingerprint density at radius 1 is 1.53 bits per heavy atom. The number of ether oxygens (including phenoxy) is 1. The average molecular weight is 264 g/mol. The first-order valence-corrected chi connectivity index (χ1v) is 6.02. The molecule has 0 radical (unpaired) electrons. The van der Waals surface area contributed by atoms with E-state index in [-0.39, 0.29) is 17.9 Å². The van der Waals surface area contributed by atoms with Crippen LogP contribution in [0, 0.1) is 0 Å². The highest BCUT2D eigenvalue weighted by atomic mass is 16.5. The van der Waals surface area contributed by atoms with Gasteiger partial charge in [0.1, 0.15) is 5.69 Å². The molecule has 0 saturated carbocycles. The zero-order valence-corrected chi connectivity index (χ0v) is 11.1. The van der Waals surface area contributed by atoms with Crippen LogP contribution >= 0.6 is 0 Å². The lowest BCUT2D eigenvalue weighted by atomic mass is 10.3. The summed E-state index contributed by atoms with van der Waals surface area (Å²) < 4.78 is 6.48. The first kappa shape index (κ1) is 13.1. The van der Waals surface area contributed by atoms with E-state index >= 15 is 0 Å². The fourth-order valence-electron chi connectivity index (χ4n) is 1.63. The molecule has 1 amide bonds. The van der Waals surface area contributed by atoms with Crippen molar-refractivity contribution >= 4 is 11.9 Å². The normalized spacial score (nSPS) is 10.5. The molecule has 2 aromatic rings. The van der Waals surface area contributed by atoms with E-state index in [0.29, 0.717) is 12.2 Å². The number of hydrogen-bond donors (Lipinski definition) is 2. The monoisotopic (exact) mass is 264 g/mol. The lowest BCUT2D eigenvalue weighted by Crippen LogP contribution is -2.18. The molecule has 0 aliphatic carbocycles. The van der Waals surface area contributed by atoms with Gasteiger partial charge < -0.3 is 4.74 Å². The van der Waals surface area contributed by atoms with E-state index in [2.05, 4.69) is 25.6 Å². The van der Waals surface area contributed by atoms with Gasteiger partial charge in [-0.1, -0.05) is 6.92 Å². The summed E-state index contributed by atoms with van der Waals surface area (Å²) >= 11 is 0. The van der Waals surface area contributed by atoms with Crippen molar-refractivity contribution in [2.45, 2.75) is 26.8 Å². The Balaban J connectivity index is 2.17. The third-order valence-electron chi connectivity index (χ3n) is 2.60. The van der Waals surface area contributed by atoms with E-state index in [0.717, 1.165) is 12.1 Å². The molecular formula is C11H16N6O2. The van der Waals surface area contributed by atoms with Gasteiger partial charge in [0.05, 0.1) is 12.8 Å². The number of aromatic nitrogens is 5. The second-order valence-corrected chi connectivity index (χ2v) is 3.82. The molecule has 2 heterocycles. The molecule has 0 saturated heterocycles. The van der Waals surface area contributed by atoms with E-state index in [4.69, 9.17) is 4.74 Å². The lowest BCUT2D eigenvalue weighted by molar-refractivity contribution is 0.101. The highest BCUT2D eigenvalue weighted by Gasteiger charge is 2.15. The third kappa shape index (κ3) is 2.72. The zero-order valence-electron chi connectivity index (χ0n) is 11.1. The molecule has 0 spiro atoms. The van der Waals surface area contributed by atoms with Crippen LogP contribution in [0.15, 0.2) is 6.07 Å². The Morgan fingerprint density at radius 2 is 2.32 bits per heavy atom. The van der Waals surface area contributed by atoms with Crippen molar-refractivity contribution in [2.24, 2.45) is 0 Å². The number of nitrogens with zero attached hydrogens (tertiary/aromatic N) is 4. The van der Waals surface area contributed by atoms with Crippen LogP contribution in [0.25, 0.3) is 0 Å². The van der Waals surface area contributed by atoms with Gasteiger partial charge in [0.2, 0.25) is 5.95 Å². The minimum atomic E-state index is -0.284. The van der Waals surface area contributed by atoms with Crippen molar-refractivity contribution in [1.82, 2.24) is 25.0 Å². The Labute approximate surface area is 110 Å². The van der Waals surface area contributed by atoms with Gasteiger partial charge in [0, 0.05) is 6.54 Å². The summed E-state index contributed by atoms with van der Waals surface area (Å²) in [7, 11) is 1.45. The highest BCUT2D eigenvalue weighted by Crippen LogP contribution is 2.10. The van der Waals surface area contributed by atoms with E-state index in [1.54, 1.807) is 10.7 Å². The summed E-state index contributed by atoms with van der Waals surface area (Å²) in [5.41, 5.74) is 1.37. The number of carbonyl (C=O) groups excluding carboxylic acids is 1. The molecule has 0 aromatic carbocycles. The quantitative estimate of drug-likeness (QED) is 0.834. The Morgan fingerprint density at radius 3 is 2.89 bits per heavy atom. The molecule has 0 fully saturated rings. The van der Waals surface area contributed by atoms with E-state index in [1.807, 2.05) is 13.8 Å². The number of hydrogen-bond acceptors (Lipinski definition) is 5. The van der Waals surface area contributed by atoms with Crippen LogP contribution in [0.5, 0.6) is 6.01 Å². The topological polar surface area (TPSA) is 97.7 Å². The molecular weight excluding hydrogens is 248 g/mol. The van der Waals surface area contributed by atoms with Crippen LogP contribution in [0.4, 0.5) is 5.95 Å². The largest absolute Gasteiger partial charge is 0.466 e. The predicted octanol–water partition coefficient (Wildman–Crippen LogP) is 0.844. The van der Waals surface area contributed by atoms with Crippen LogP contribution in [-0.4, -0.2) is 38.0 Å². The number of H-pyrrole nitrogens is 1. The van der Waals surface area contributed by atoms with Gasteiger partial charge in [-0.05, 0) is 19.4 Å². The van der Waals surface area contributed by atoms with Crippen LogP contribution in [0.2, 0.25) is 0 Å². The molecule has 0 bridgehead atoms. The van der Waals surface area contributed by atoms with Crippen molar-refractivity contribution in [3.63, 3.8) is 0 Å². The number of carbonyl (C=O) groups is 1. The number of anilines is 1. The van der Waals surface area contributed by atoms with Gasteiger partial charge >= 0.3 is 6.01 Å². The van der Waals surface area contributed by atoms with Gasteiger partial charge in [0.25, 0.3) is 5.91 Å². The van der Waals surface area contributed by atoms with E-state index < -0.39 is 0 Å². The van der Waals surface area contributed by atoms with Crippen LogP contribution in [0.1, 0.15) is 30.0 Å². The number of aryl methyl sites for hydroxylation is 2. The van der Waals surface area contributed by atoms with Gasteiger partial charge in [0.15, 0.2) is 0 Å². The number of methoxy groups -OCH3 is 1. The molecule has 0 atom stereocenters. The molecule has 8 heteroatoms. The molecule has 0 aliphatic heterocycles.